The maximum atomic E-state index is 14.9. The number of carbonyl (C=O) groups is 1. The minimum absolute atomic E-state index is 0.0600. The summed E-state index contributed by atoms with van der Waals surface area (Å²) in [6, 6.07) is 3.24. The van der Waals surface area contributed by atoms with E-state index in [1.54, 1.807) is 24.6 Å². The third kappa shape index (κ3) is 3.49. The normalized spacial score (nSPS) is 18.8. The average molecular weight is 421 g/mol. The lowest BCUT2D eigenvalue weighted by molar-refractivity contribution is -0.0482. The van der Waals surface area contributed by atoms with Crippen molar-refractivity contribution in [2.45, 2.75) is 38.7 Å². The molecule has 3 N–H and O–H groups in total. The quantitative estimate of drug-likeness (QED) is 0.652. The number of ether oxygens (including phenoxy) is 1. The van der Waals surface area contributed by atoms with Crippen molar-refractivity contribution in [3.63, 3.8) is 0 Å². The molecule has 0 spiro atoms. The lowest BCUT2D eigenvalue weighted by atomic mass is 9.84. The van der Waals surface area contributed by atoms with Crippen molar-refractivity contribution in [2.75, 3.05) is 13.1 Å². The molecule has 1 amide bonds. The van der Waals surface area contributed by atoms with E-state index in [1.807, 2.05) is 6.92 Å². The number of rotatable bonds is 5. The van der Waals surface area contributed by atoms with Crippen LogP contribution in [-0.4, -0.2) is 29.9 Å². The SMILES string of the molecule is Cc1ncsc1COc1ccc2oc(C)c(C(N)=O)c2c1C1CNCCC1(F)F. The van der Waals surface area contributed by atoms with Crippen LogP contribution in [0, 0.1) is 13.8 Å². The van der Waals surface area contributed by atoms with Gasteiger partial charge in [0.25, 0.3) is 11.8 Å². The highest BCUT2D eigenvalue weighted by Crippen LogP contribution is 2.46. The Balaban J connectivity index is 1.89. The number of hydrogen-bond donors (Lipinski definition) is 2. The Morgan fingerprint density at radius 3 is 2.90 bits per heavy atom. The summed E-state index contributed by atoms with van der Waals surface area (Å²) in [6.07, 6.45) is -0.301. The monoisotopic (exact) mass is 421 g/mol. The Hall–Kier alpha value is -2.52. The largest absolute Gasteiger partial charge is 0.488 e. The van der Waals surface area contributed by atoms with Crippen LogP contribution in [-0.2, 0) is 6.61 Å². The van der Waals surface area contributed by atoms with Crippen LogP contribution in [0.25, 0.3) is 11.0 Å². The van der Waals surface area contributed by atoms with Crippen molar-refractivity contribution >= 4 is 28.2 Å². The number of hydrogen-bond acceptors (Lipinski definition) is 6. The van der Waals surface area contributed by atoms with Gasteiger partial charge in [0.1, 0.15) is 23.7 Å². The minimum Gasteiger partial charge on any atom is -0.488 e. The number of carbonyl (C=O) groups excluding carboxylic acids is 1. The summed E-state index contributed by atoms with van der Waals surface area (Å²) in [5, 5.41) is 3.33. The fourth-order valence-corrected chi connectivity index (χ4v) is 4.52. The van der Waals surface area contributed by atoms with E-state index in [1.165, 1.54) is 11.3 Å². The average Bonchev–Trinajstić information content (AvgIpc) is 3.21. The molecule has 3 heterocycles. The van der Waals surface area contributed by atoms with Crippen molar-refractivity contribution in [2.24, 2.45) is 5.73 Å². The number of aromatic nitrogens is 1. The van der Waals surface area contributed by atoms with Gasteiger partial charge in [-0.2, -0.15) is 0 Å². The number of halogens is 2. The molecule has 0 aliphatic carbocycles. The van der Waals surface area contributed by atoms with Crippen LogP contribution in [0.15, 0.2) is 22.1 Å². The topological polar surface area (TPSA) is 90.4 Å². The smallest absolute Gasteiger partial charge is 0.257 e. The zero-order valence-corrected chi connectivity index (χ0v) is 16.9. The van der Waals surface area contributed by atoms with E-state index in [4.69, 9.17) is 14.9 Å². The molecule has 1 aromatic carbocycles. The van der Waals surface area contributed by atoms with E-state index in [2.05, 4.69) is 10.3 Å². The molecule has 29 heavy (non-hydrogen) atoms. The van der Waals surface area contributed by atoms with E-state index in [9.17, 15) is 13.6 Å². The van der Waals surface area contributed by atoms with Crippen molar-refractivity contribution in [3.05, 3.63) is 45.1 Å². The number of nitrogens with two attached hydrogens (primary N) is 1. The summed E-state index contributed by atoms with van der Waals surface area (Å²) in [7, 11) is 0. The molecule has 0 bridgehead atoms. The van der Waals surface area contributed by atoms with Crippen LogP contribution >= 0.6 is 11.3 Å². The molecule has 2 aromatic heterocycles. The van der Waals surface area contributed by atoms with Gasteiger partial charge in [-0.05, 0) is 26.0 Å². The molecule has 1 fully saturated rings. The van der Waals surface area contributed by atoms with Gasteiger partial charge < -0.3 is 20.2 Å². The number of benzene rings is 1. The molecule has 0 radical (unpaired) electrons. The Morgan fingerprint density at radius 1 is 1.45 bits per heavy atom. The molecule has 1 atom stereocenters. The van der Waals surface area contributed by atoms with Crippen molar-refractivity contribution in [3.8, 4) is 5.75 Å². The number of furan rings is 1. The van der Waals surface area contributed by atoms with Crippen molar-refractivity contribution in [1.82, 2.24) is 10.3 Å². The molecule has 4 rings (SSSR count). The van der Waals surface area contributed by atoms with Gasteiger partial charge >= 0.3 is 0 Å². The zero-order valence-electron chi connectivity index (χ0n) is 16.1. The van der Waals surface area contributed by atoms with Crippen molar-refractivity contribution < 1.29 is 22.7 Å². The highest BCUT2D eigenvalue weighted by Gasteiger charge is 2.45. The zero-order chi connectivity index (χ0) is 20.8. The van der Waals surface area contributed by atoms with E-state index in [0.29, 0.717) is 22.5 Å². The van der Waals surface area contributed by atoms with Gasteiger partial charge in [-0.3, -0.25) is 4.79 Å². The van der Waals surface area contributed by atoms with Gasteiger partial charge in [0.2, 0.25) is 0 Å². The molecule has 1 aliphatic rings. The van der Waals surface area contributed by atoms with E-state index in [0.717, 1.165) is 10.6 Å². The number of nitrogens with one attached hydrogen (secondary N) is 1. The molecule has 1 saturated heterocycles. The number of primary amides is 1. The maximum Gasteiger partial charge on any atom is 0.257 e. The minimum atomic E-state index is -2.96. The molecule has 1 unspecified atom stereocenters. The third-order valence-corrected chi connectivity index (χ3v) is 6.23. The second-order valence-electron chi connectivity index (χ2n) is 7.17. The van der Waals surface area contributed by atoms with E-state index in [-0.39, 0.29) is 37.2 Å². The summed E-state index contributed by atoms with van der Waals surface area (Å²) in [6.45, 7) is 3.95. The maximum absolute atomic E-state index is 14.9. The predicted octanol–water partition coefficient (Wildman–Crippen LogP) is 3.90. The van der Waals surface area contributed by atoms with Crippen LogP contribution in [0.1, 0.15) is 44.6 Å². The fraction of sp³-hybridized carbons (Fsp3) is 0.400. The first-order valence-electron chi connectivity index (χ1n) is 9.25. The summed E-state index contributed by atoms with van der Waals surface area (Å²) in [5.41, 5.74) is 8.83. The molecule has 0 saturated carbocycles. The summed E-state index contributed by atoms with van der Waals surface area (Å²) < 4.78 is 41.5. The lowest BCUT2D eigenvalue weighted by Gasteiger charge is -2.33. The Labute approximate surface area is 170 Å². The highest BCUT2D eigenvalue weighted by atomic mass is 32.1. The Kier molecular flexibility index (Phi) is 5.04. The fourth-order valence-electron chi connectivity index (χ4n) is 3.83. The number of amides is 1. The molecular formula is C20H21F2N3O3S. The number of piperidine rings is 1. The number of fused-ring (bicyclic) bond motifs is 1. The number of thiazole rings is 1. The molecule has 3 aromatic rings. The predicted molar refractivity (Wildman–Crippen MR) is 106 cm³/mol. The summed E-state index contributed by atoms with van der Waals surface area (Å²) >= 11 is 1.44. The third-order valence-electron chi connectivity index (χ3n) is 5.32. The van der Waals surface area contributed by atoms with Gasteiger partial charge in [0, 0.05) is 30.5 Å². The molecule has 6 nitrogen and oxygen atoms in total. The highest BCUT2D eigenvalue weighted by molar-refractivity contribution is 7.09. The number of alkyl halides is 2. The Morgan fingerprint density at radius 2 is 2.24 bits per heavy atom. The molecule has 154 valence electrons. The van der Waals surface area contributed by atoms with Crippen LogP contribution in [0.5, 0.6) is 5.75 Å². The summed E-state index contributed by atoms with van der Waals surface area (Å²) in [4.78, 5) is 17.2. The number of nitrogens with zero attached hydrogens (tertiary/aromatic N) is 1. The number of aryl methyl sites for hydroxylation is 2. The molecule has 9 heteroatoms. The Bertz CT molecular complexity index is 1080. The van der Waals surface area contributed by atoms with E-state index >= 15 is 0 Å². The standard InChI is InChI=1S/C20H21F2N3O3S/c1-10-15(29-9-25-10)8-27-13-3-4-14-18(16(19(23)26)11(2)28-14)17(13)12-7-24-6-5-20(12,21)22/h3-4,9,12,24H,5-8H2,1-2H3,(H2,23,26). The van der Waals surface area contributed by atoms with Crippen molar-refractivity contribution in [1.29, 1.82) is 0 Å². The van der Waals surface area contributed by atoms with Gasteiger partial charge in [-0.15, -0.1) is 11.3 Å². The molecular weight excluding hydrogens is 400 g/mol. The first-order valence-corrected chi connectivity index (χ1v) is 10.1. The second-order valence-corrected chi connectivity index (χ2v) is 8.10. The van der Waals surface area contributed by atoms with Crippen LogP contribution in [0.4, 0.5) is 8.78 Å². The lowest BCUT2D eigenvalue weighted by Crippen LogP contribution is -2.43. The summed E-state index contributed by atoms with van der Waals surface area (Å²) in [5.74, 6) is -4.26. The van der Waals surface area contributed by atoms with Gasteiger partial charge in [0.15, 0.2) is 0 Å². The van der Waals surface area contributed by atoms with Crippen LogP contribution in [0.2, 0.25) is 0 Å². The van der Waals surface area contributed by atoms with Gasteiger partial charge in [0.05, 0.1) is 27.6 Å². The molecule has 1 aliphatic heterocycles. The van der Waals surface area contributed by atoms with Crippen LogP contribution in [0.3, 0.4) is 0 Å². The van der Waals surface area contributed by atoms with Gasteiger partial charge in [-0.25, -0.2) is 13.8 Å². The first-order chi connectivity index (χ1) is 13.8. The van der Waals surface area contributed by atoms with Gasteiger partial charge in [-0.1, -0.05) is 0 Å². The van der Waals surface area contributed by atoms with Crippen LogP contribution < -0.4 is 15.8 Å². The first kappa shape index (κ1) is 19.8. The van der Waals surface area contributed by atoms with E-state index < -0.39 is 17.7 Å². The second kappa shape index (κ2) is 7.38.